The standard InChI is InChI=1S/C24H26N2O5S/c1-2-15-32(29,30)26-14-8-13-21(26)24(28)31-23(17-9-4-3-5-10-17)22(27)19-16-25-20-12-7-6-11-18(19)20/h3-7,9-12,16,21,23,25H,2,8,13-15H2,1H3. The number of aromatic nitrogens is 1. The van der Waals surface area contributed by atoms with Gasteiger partial charge in [-0.1, -0.05) is 55.5 Å². The van der Waals surface area contributed by atoms with E-state index in [0.29, 0.717) is 30.4 Å². The molecule has 0 bridgehead atoms. The number of nitrogens with one attached hydrogen (secondary N) is 1. The van der Waals surface area contributed by atoms with E-state index in [2.05, 4.69) is 4.98 Å². The Hall–Kier alpha value is -2.97. The summed E-state index contributed by atoms with van der Waals surface area (Å²) in [5.74, 6) is -1.07. The first-order valence-corrected chi connectivity index (χ1v) is 12.4. The molecule has 32 heavy (non-hydrogen) atoms. The number of rotatable bonds is 8. The highest BCUT2D eigenvalue weighted by atomic mass is 32.2. The summed E-state index contributed by atoms with van der Waals surface area (Å²) in [6.45, 7) is 2.07. The number of hydrogen-bond donors (Lipinski definition) is 1. The topological polar surface area (TPSA) is 96.5 Å². The number of Topliss-reactive ketones (excluding diaryl/α,β-unsaturated/α-hetero) is 1. The Balaban J connectivity index is 1.65. The van der Waals surface area contributed by atoms with E-state index >= 15 is 0 Å². The van der Waals surface area contributed by atoms with Gasteiger partial charge in [0.05, 0.1) is 5.75 Å². The molecule has 8 heteroatoms. The predicted molar refractivity (Wildman–Crippen MR) is 122 cm³/mol. The van der Waals surface area contributed by atoms with Gasteiger partial charge < -0.3 is 9.72 Å². The van der Waals surface area contributed by atoms with Crippen molar-refractivity contribution in [3.05, 3.63) is 71.9 Å². The maximum absolute atomic E-state index is 13.5. The van der Waals surface area contributed by atoms with E-state index in [1.165, 1.54) is 4.31 Å². The van der Waals surface area contributed by atoms with Crippen molar-refractivity contribution in [2.75, 3.05) is 12.3 Å². The normalized spacial score (nSPS) is 18.0. The number of carbonyl (C=O) groups is 2. The van der Waals surface area contributed by atoms with Crippen molar-refractivity contribution in [3.8, 4) is 0 Å². The van der Waals surface area contributed by atoms with Crippen molar-refractivity contribution in [3.63, 3.8) is 0 Å². The molecule has 1 aliphatic rings. The van der Waals surface area contributed by atoms with E-state index in [1.54, 1.807) is 37.4 Å². The monoisotopic (exact) mass is 454 g/mol. The van der Waals surface area contributed by atoms with E-state index in [1.807, 2.05) is 30.3 Å². The summed E-state index contributed by atoms with van der Waals surface area (Å²) < 4.78 is 32.2. The fourth-order valence-electron chi connectivity index (χ4n) is 4.20. The van der Waals surface area contributed by atoms with Gasteiger partial charge in [-0.3, -0.25) is 9.59 Å². The number of esters is 1. The Labute approximate surface area is 187 Å². The Morgan fingerprint density at radius 1 is 1.12 bits per heavy atom. The van der Waals surface area contributed by atoms with Gasteiger partial charge in [-0.05, 0) is 25.3 Å². The van der Waals surface area contributed by atoms with E-state index in [4.69, 9.17) is 4.74 Å². The van der Waals surface area contributed by atoms with Crippen LogP contribution in [0.25, 0.3) is 10.9 Å². The minimum absolute atomic E-state index is 0.0207. The summed E-state index contributed by atoms with van der Waals surface area (Å²) in [7, 11) is -3.55. The van der Waals surface area contributed by atoms with Crippen LogP contribution in [0.1, 0.15) is 48.2 Å². The zero-order valence-corrected chi connectivity index (χ0v) is 18.7. The molecule has 2 aromatic carbocycles. The number of aromatic amines is 1. The number of para-hydroxylation sites is 1. The lowest BCUT2D eigenvalue weighted by atomic mass is 9.99. The van der Waals surface area contributed by atoms with Crippen molar-refractivity contribution in [2.45, 2.75) is 38.3 Å². The molecule has 1 saturated heterocycles. The quantitative estimate of drug-likeness (QED) is 0.412. The zero-order valence-electron chi connectivity index (χ0n) is 17.9. The Bertz CT molecular complexity index is 1220. The van der Waals surface area contributed by atoms with Gasteiger partial charge >= 0.3 is 5.97 Å². The predicted octanol–water partition coefficient (Wildman–Crippen LogP) is 3.84. The molecular weight excluding hydrogens is 428 g/mol. The first kappa shape index (κ1) is 22.2. The van der Waals surface area contributed by atoms with Crippen LogP contribution in [-0.4, -0.2) is 47.8 Å². The van der Waals surface area contributed by atoms with E-state index in [-0.39, 0.29) is 18.1 Å². The Kier molecular flexibility index (Phi) is 6.43. The van der Waals surface area contributed by atoms with Crippen molar-refractivity contribution >= 4 is 32.7 Å². The molecule has 0 amide bonds. The largest absolute Gasteiger partial charge is 0.448 e. The molecule has 1 N–H and O–H groups in total. The second-order valence-corrected chi connectivity index (χ2v) is 9.97. The number of H-pyrrole nitrogens is 1. The molecule has 3 aromatic rings. The third-order valence-corrected chi connectivity index (χ3v) is 7.80. The summed E-state index contributed by atoms with van der Waals surface area (Å²) >= 11 is 0. The summed E-state index contributed by atoms with van der Waals surface area (Å²) in [5, 5.41) is 0.738. The maximum atomic E-state index is 13.5. The molecule has 2 unspecified atom stereocenters. The van der Waals surface area contributed by atoms with Gasteiger partial charge in [-0.25, -0.2) is 8.42 Å². The molecule has 7 nitrogen and oxygen atoms in total. The van der Waals surface area contributed by atoms with E-state index in [0.717, 1.165) is 10.9 Å². The fourth-order valence-corrected chi connectivity index (χ4v) is 5.93. The van der Waals surface area contributed by atoms with Gasteiger partial charge in [0, 0.05) is 34.8 Å². The van der Waals surface area contributed by atoms with Crippen LogP contribution in [0.3, 0.4) is 0 Å². The number of ketones is 1. The van der Waals surface area contributed by atoms with Gasteiger partial charge in [-0.15, -0.1) is 0 Å². The van der Waals surface area contributed by atoms with Crippen molar-refractivity contribution in [1.29, 1.82) is 0 Å². The number of carbonyl (C=O) groups excluding carboxylic acids is 2. The second kappa shape index (κ2) is 9.26. The van der Waals surface area contributed by atoms with Gasteiger partial charge in [0.1, 0.15) is 6.04 Å². The first-order valence-electron chi connectivity index (χ1n) is 10.8. The van der Waals surface area contributed by atoms with Crippen LogP contribution < -0.4 is 0 Å². The van der Waals surface area contributed by atoms with Crippen LogP contribution in [0.2, 0.25) is 0 Å². The molecule has 2 heterocycles. The zero-order chi connectivity index (χ0) is 22.7. The highest BCUT2D eigenvalue weighted by Crippen LogP contribution is 2.30. The molecule has 0 aliphatic carbocycles. The molecule has 0 saturated carbocycles. The summed E-state index contributed by atoms with van der Waals surface area (Å²) in [4.78, 5) is 29.7. The minimum atomic E-state index is -3.55. The number of hydrogen-bond acceptors (Lipinski definition) is 5. The Morgan fingerprint density at radius 3 is 2.59 bits per heavy atom. The molecule has 1 fully saturated rings. The molecule has 4 rings (SSSR count). The van der Waals surface area contributed by atoms with Crippen LogP contribution in [0.4, 0.5) is 0 Å². The molecule has 0 spiro atoms. The molecule has 168 valence electrons. The van der Waals surface area contributed by atoms with Gasteiger partial charge in [0.25, 0.3) is 0 Å². The van der Waals surface area contributed by atoms with E-state index in [9.17, 15) is 18.0 Å². The summed E-state index contributed by atoms with van der Waals surface area (Å²) in [6, 6.07) is 15.3. The number of sulfonamides is 1. The van der Waals surface area contributed by atoms with Crippen LogP contribution in [-0.2, 0) is 19.6 Å². The highest BCUT2D eigenvalue weighted by Gasteiger charge is 2.41. The lowest BCUT2D eigenvalue weighted by Crippen LogP contribution is -2.43. The fraction of sp³-hybridized carbons (Fsp3) is 0.333. The highest BCUT2D eigenvalue weighted by molar-refractivity contribution is 7.89. The van der Waals surface area contributed by atoms with Crippen LogP contribution in [0, 0.1) is 0 Å². The average Bonchev–Trinajstić information content (AvgIpc) is 3.45. The first-order chi connectivity index (χ1) is 15.4. The lowest BCUT2D eigenvalue weighted by molar-refractivity contribution is -0.151. The molecule has 0 radical (unpaired) electrons. The lowest BCUT2D eigenvalue weighted by Gasteiger charge is -2.25. The molecule has 2 atom stereocenters. The SMILES string of the molecule is CCCS(=O)(=O)N1CCCC1C(=O)OC(C(=O)c1c[nH]c2ccccc12)c1ccccc1. The van der Waals surface area contributed by atoms with Gasteiger partial charge in [-0.2, -0.15) is 4.31 Å². The molecular formula is C24H26N2O5S. The second-order valence-electron chi connectivity index (χ2n) is 7.92. The average molecular weight is 455 g/mol. The van der Waals surface area contributed by atoms with Gasteiger partial charge in [0.2, 0.25) is 15.8 Å². The number of nitrogens with zero attached hydrogens (tertiary/aromatic N) is 1. The molecule has 1 aliphatic heterocycles. The summed E-state index contributed by atoms with van der Waals surface area (Å²) in [6.07, 6.45) is 1.87. The third-order valence-electron chi connectivity index (χ3n) is 5.72. The smallest absolute Gasteiger partial charge is 0.325 e. The molecule has 1 aromatic heterocycles. The van der Waals surface area contributed by atoms with E-state index < -0.39 is 28.1 Å². The van der Waals surface area contributed by atoms with Crippen LogP contribution in [0.15, 0.2) is 60.8 Å². The van der Waals surface area contributed by atoms with Crippen LogP contribution in [0.5, 0.6) is 0 Å². The Morgan fingerprint density at radius 2 is 1.84 bits per heavy atom. The number of benzene rings is 2. The van der Waals surface area contributed by atoms with Crippen LogP contribution >= 0.6 is 0 Å². The van der Waals surface area contributed by atoms with Crippen molar-refractivity contribution in [2.24, 2.45) is 0 Å². The third kappa shape index (κ3) is 4.33. The number of ether oxygens (including phenoxy) is 1. The maximum Gasteiger partial charge on any atom is 0.325 e. The minimum Gasteiger partial charge on any atom is -0.448 e. The van der Waals surface area contributed by atoms with Crippen molar-refractivity contribution < 1.29 is 22.7 Å². The number of fused-ring (bicyclic) bond motifs is 1. The summed E-state index contributed by atoms with van der Waals surface area (Å²) in [5.41, 5.74) is 1.77. The van der Waals surface area contributed by atoms with Gasteiger partial charge in [0.15, 0.2) is 6.10 Å². The van der Waals surface area contributed by atoms with Crippen molar-refractivity contribution in [1.82, 2.24) is 9.29 Å².